The molecule has 14 heteroatoms. The molecule has 2 rings (SSSR count). The van der Waals surface area contributed by atoms with Crippen molar-refractivity contribution in [1.29, 1.82) is 0 Å². The van der Waals surface area contributed by atoms with Gasteiger partial charge >= 0.3 is 18.4 Å². The number of rotatable bonds is 3. The largest absolute Gasteiger partial charge is 0.444 e. The molecule has 0 aromatic heterocycles. The van der Waals surface area contributed by atoms with Crippen molar-refractivity contribution in [3.05, 3.63) is 29.3 Å². The van der Waals surface area contributed by atoms with Crippen molar-refractivity contribution >= 4 is 22.0 Å². The van der Waals surface area contributed by atoms with Crippen LogP contribution in [0.4, 0.5) is 31.1 Å². The van der Waals surface area contributed by atoms with Gasteiger partial charge in [0.1, 0.15) is 5.60 Å². The predicted molar refractivity (Wildman–Crippen MR) is 107 cm³/mol. The maximum atomic E-state index is 13.0. The highest BCUT2D eigenvalue weighted by Crippen LogP contribution is 2.37. The monoisotopic (exact) mass is 518 g/mol. The summed E-state index contributed by atoms with van der Waals surface area (Å²) in [7, 11) is -5.06. The van der Waals surface area contributed by atoms with Gasteiger partial charge in [0.25, 0.3) is 10.0 Å². The Hall–Kier alpha value is -2.51. The molecule has 0 saturated carbocycles. The molecule has 2 atom stereocenters. The van der Waals surface area contributed by atoms with E-state index in [1.54, 1.807) is 32.4 Å². The first-order chi connectivity index (χ1) is 15.2. The van der Waals surface area contributed by atoms with E-state index < -0.39 is 67.8 Å². The molecule has 1 fully saturated rings. The molecule has 0 bridgehead atoms. The van der Waals surface area contributed by atoms with Crippen LogP contribution in [0.15, 0.2) is 23.1 Å². The lowest BCUT2D eigenvalue weighted by atomic mass is 9.86. The van der Waals surface area contributed by atoms with E-state index in [0.29, 0.717) is 0 Å². The first-order valence-electron chi connectivity index (χ1n) is 10.0. The van der Waals surface area contributed by atoms with Crippen molar-refractivity contribution in [3.63, 3.8) is 0 Å². The zero-order valence-corrected chi connectivity index (χ0v) is 19.5. The number of nitrogens with one attached hydrogen (secondary N) is 1. The minimum Gasteiger partial charge on any atom is -0.444 e. The number of piperidine rings is 1. The van der Waals surface area contributed by atoms with Crippen LogP contribution < -0.4 is 4.72 Å². The highest BCUT2D eigenvalue weighted by molar-refractivity contribution is 7.90. The summed E-state index contributed by atoms with van der Waals surface area (Å²) in [5.74, 6) is -2.62. The quantitative estimate of drug-likeness (QED) is 0.598. The van der Waals surface area contributed by atoms with Gasteiger partial charge in [-0.1, -0.05) is 6.92 Å². The second kappa shape index (κ2) is 9.27. The first kappa shape index (κ1) is 27.7. The smallest absolute Gasteiger partial charge is 0.416 e. The average molecular weight is 518 g/mol. The number of carbonyl (C=O) groups is 2. The van der Waals surface area contributed by atoms with E-state index in [9.17, 15) is 44.3 Å². The summed E-state index contributed by atoms with van der Waals surface area (Å²) in [5, 5.41) is 0. The van der Waals surface area contributed by atoms with Crippen LogP contribution in [-0.4, -0.2) is 44.0 Å². The maximum Gasteiger partial charge on any atom is 0.416 e. The third-order valence-corrected chi connectivity index (χ3v) is 6.33. The molecule has 7 nitrogen and oxygen atoms in total. The summed E-state index contributed by atoms with van der Waals surface area (Å²) in [6.07, 6.45) is -11.1. The van der Waals surface area contributed by atoms with Gasteiger partial charge in [-0.05, 0) is 51.3 Å². The molecule has 1 aliphatic rings. The molecule has 0 radical (unpaired) electrons. The van der Waals surface area contributed by atoms with Crippen LogP contribution in [0, 0.1) is 11.8 Å². The zero-order chi connectivity index (χ0) is 26.3. The number of ether oxygens (including phenoxy) is 1. The number of hydrogen-bond acceptors (Lipinski definition) is 5. The summed E-state index contributed by atoms with van der Waals surface area (Å²) in [6.45, 7) is 6.62. The van der Waals surface area contributed by atoms with Crippen LogP contribution in [0.1, 0.15) is 45.2 Å². The van der Waals surface area contributed by atoms with E-state index >= 15 is 0 Å². The van der Waals surface area contributed by atoms with Crippen LogP contribution >= 0.6 is 0 Å². The molecule has 192 valence electrons. The lowest BCUT2D eigenvalue weighted by molar-refractivity contribution is -0.143. The maximum absolute atomic E-state index is 13.0. The van der Waals surface area contributed by atoms with Crippen molar-refractivity contribution in [2.75, 3.05) is 13.1 Å². The molecule has 1 saturated heterocycles. The van der Waals surface area contributed by atoms with Crippen LogP contribution in [0.25, 0.3) is 0 Å². The molecule has 0 spiro atoms. The fraction of sp³-hybridized carbons (Fsp3) is 0.600. The summed E-state index contributed by atoms with van der Waals surface area (Å²) in [4.78, 5) is 24.8. The summed E-state index contributed by atoms with van der Waals surface area (Å²) in [5.41, 5.74) is -4.41. The van der Waals surface area contributed by atoms with Crippen LogP contribution in [-0.2, 0) is 31.9 Å². The van der Waals surface area contributed by atoms with Crippen LogP contribution in [0.2, 0.25) is 0 Å². The van der Waals surface area contributed by atoms with Gasteiger partial charge in [-0.2, -0.15) is 26.3 Å². The number of halogens is 6. The van der Waals surface area contributed by atoms with Gasteiger partial charge in [0, 0.05) is 19.0 Å². The molecule has 1 N–H and O–H groups in total. The number of carbonyl (C=O) groups excluding carboxylic acids is 2. The van der Waals surface area contributed by atoms with Crippen LogP contribution in [0.5, 0.6) is 0 Å². The number of nitrogens with zero attached hydrogens (tertiary/aromatic N) is 1. The van der Waals surface area contributed by atoms with Gasteiger partial charge in [0.05, 0.1) is 16.0 Å². The van der Waals surface area contributed by atoms with Gasteiger partial charge in [-0.25, -0.2) is 17.9 Å². The van der Waals surface area contributed by atoms with Crippen molar-refractivity contribution in [3.8, 4) is 0 Å². The Morgan fingerprint density at radius 1 is 1.00 bits per heavy atom. The Labute approximate surface area is 192 Å². The lowest BCUT2D eigenvalue weighted by Gasteiger charge is -2.36. The number of sulfonamides is 1. The average Bonchev–Trinajstić information content (AvgIpc) is 2.64. The Morgan fingerprint density at radius 2 is 1.50 bits per heavy atom. The topological polar surface area (TPSA) is 92.8 Å². The van der Waals surface area contributed by atoms with Crippen molar-refractivity contribution < 1.29 is 49.1 Å². The Morgan fingerprint density at radius 3 is 1.91 bits per heavy atom. The second-order valence-corrected chi connectivity index (χ2v) is 10.7. The highest BCUT2D eigenvalue weighted by atomic mass is 32.2. The minimum absolute atomic E-state index is 0.0121. The van der Waals surface area contributed by atoms with Gasteiger partial charge in [-0.3, -0.25) is 4.79 Å². The van der Waals surface area contributed by atoms with Gasteiger partial charge in [-0.15, -0.1) is 0 Å². The number of benzene rings is 1. The van der Waals surface area contributed by atoms with E-state index in [1.807, 2.05) is 0 Å². The summed E-state index contributed by atoms with van der Waals surface area (Å²) >= 11 is 0. The first-order valence-corrected chi connectivity index (χ1v) is 11.5. The third-order valence-electron chi connectivity index (χ3n) is 5.00. The standard InChI is InChI=1S/C20H24F6N2O5S/c1-11-10-28(17(30)33-18(2,3)4)6-5-15(11)16(29)27-34(31,32)14-8-12(19(21,22)23)7-13(9-14)20(24,25)26/h7-9,11,15H,5-6,10H2,1-4H3,(H,27,29)/t11-,15-/m1/s1. The van der Waals surface area contributed by atoms with Gasteiger partial charge in [0.15, 0.2) is 0 Å². The molecular formula is C20H24F6N2O5S. The van der Waals surface area contributed by atoms with Crippen molar-refractivity contribution in [2.45, 2.75) is 57.0 Å². The van der Waals surface area contributed by atoms with Crippen molar-refractivity contribution in [1.82, 2.24) is 9.62 Å². The van der Waals surface area contributed by atoms with E-state index in [1.165, 1.54) is 4.90 Å². The van der Waals surface area contributed by atoms with E-state index in [4.69, 9.17) is 4.74 Å². The lowest BCUT2D eigenvalue weighted by Crippen LogP contribution is -2.49. The highest BCUT2D eigenvalue weighted by Gasteiger charge is 2.40. The molecule has 1 aliphatic heterocycles. The van der Waals surface area contributed by atoms with Crippen LogP contribution in [0.3, 0.4) is 0 Å². The van der Waals surface area contributed by atoms with E-state index in [2.05, 4.69) is 0 Å². The van der Waals surface area contributed by atoms with Gasteiger partial charge in [0.2, 0.25) is 5.91 Å². The Bertz CT molecular complexity index is 1010. The molecule has 1 heterocycles. The summed E-state index contributed by atoms with van der Waals surface area (Å²) < 4.78 is 110. The third kappa shape index (κ3) is 7.00. The Balaban J connectivity index is 2.23. The molecule has 34 heavy (non-hydrogen) atoms. The SMILES string of the molecule is C[C@@H]1CN(C(=O)OC(C)(C)C)CC[C@H]1C(=O)NS(=O)(=O)c1cc(C(F)(F)F)cc(C(F)(F)F)c1. The minimum atomic E-state index is -5.25. The number of hydrogen-bond donors (Lipinski definition) is 1. The fourth-order valence-corrected chi connectivity index (χ4v) is 4.47. The van der Waals surface area contributed by atoms with Crippen molar-refractivity contribution in [2.24, 2.45) is 11.8 Å². The second-order valence-electron chi connectivity index (χ2n) is 9.01. The molecular weight excluding hydrogens is 494 g/mol. The molecule has 0 unspecified atom stereocenters. The molecule has 2 amide bonds. The molecule has 1 aromatic carbocycles. The number of amides is 2. The van der Waals surface area contributed by atoms with E-state index in [-0.39, 0.29) is 37.7 Å². The zero-order valence-electron chi connectivity index (χ0n) is 18.7. The normalized spacial score (nSPS) is 20.1. The molecule has 1 aromatic rings. The van der Waals surface area contributed by atoms with Gasteiger partial charge < -0.3 is 9.64 Å². The number of alkyl halides is 6. The summed E-state index contributed by atoms with van der Waals surface area (Å²) in [6, 6.07) is -0.159. The Kier molecular flexibility index (Phi) is 7.56. The predicted octanol–water partition coefficient (Wildman–Crippen LogP) is 4.42. The van der Waals surface area contributed by atoms with E-state index in [0.717, 1.165) is 0 Å². The molecule has 0 aliphatic carbocycles. The number of likely N-dealkylation sites (tertiary alicyclic amines) is 1. The fourth-order valence-electron chi connectivity index (χ4n) is 3.38.